The van der Waals surface area contributed by atoms with Gasteiger partial charge in [-0.05, 0) is 30.7 Å². The highest BCUT2D eigenvalue weighted by Gasteiger charge is 2.16. The molecule has 0 amide bonds. The highest BCUT2D eigenvalue weighted by atomic mass is 35.5. The summed E-state index contributed by atoms with van der Waals surface area (Å²) in [7, 11) is 0. The fraction of sp³-hybridized carbons (Fsp3) is 0.214. The molecule has 0 fully saturated rings. The number of rotatable bonds is 6. The second-order valence-electron chi connectivity index (χ2n) is 4.22. The van der Waals surface area contributed by atoms with Gasteiger partial charge in [0.05, 0.1) is 4.92 Å². The van der Waals surface area contributed by atoms with Gasteiger partial charge in [-0.25, -0.2) is 4.98 Å². The fourth-order valence-corrected chi connectivity index (χ4v) is 2.77. The molecule has 2 rings (SSSR count). The van der Waals surface area contributed by atoms with E-state index in [9.17, 15) is 10.1 Å². The Hall–Kier alpha value is -1.79. The Morgan fingerprint density at radius 3 is 2.62 bits per heavy atom. The van der Waals surface area contributed by atoms with Crippen molar-refractivity contribution in [1.82, 2.24) is 4.98 Å². The van der Waals surface area contributed by atoms with Gasteiger partial charge in [-0.2, -0.15) is 0 Å². The molecular formula is C14H14ClN3O2S. The van der Waals surface area contributed by atoms with E-state index in [4.69, 9.17) is 11.6 Å². The molecule has 0 aliphatic rings. The Bertz CT molecular complexity index is 635. The van der Waals surface area contributed by atoms with Gasteiger partial charge in [0.25, 0.3) is 0 Å². The zero-order valence-corrected chi connectivity index (χ0v) is 12.9. The number of hydrogen-bond acceptors (Lipinski definition) is 5. The van der Waals surface area contributed by atoms with Crippen LogP contribution in [-0.4, -0.2) is 16.5 Å². The van der Waals surface area contributed by atoms with E-state index in [0.29, 0.717) is 28.2 Å². The monoisotopic (exact) mass is 323 g/mol. The third kappa shape index (κ3) is 4.34. The third-order valence-corrected chi connectivity index (χ3v) is 3.99. The molecule has 0 radical (unpaired) electrons. The van der Waals surface area contributed by atoms with Gasteiger partial charge in [-0.1, -0.05) is 35.5 Å². The van der Waals surface area contributed by atoms with Crippen LogP contribution in [0.15, 0.2) is 41.4 Å². The molecule has 21 heavy (non-hydrogen) atoms. The van der Waals surface area contributed by atoms with Crippen molar-refractivity contribution in [2.45, 2.75) is 17.7 Å². The SMILES string of the molecule is CCNc1ccc([N+](=O)[O-])c(SCc2ccc(Cl)cc2)n1. The number of pyridine rings is 1. The van der Waals surface area contributed by atoms with Crippen molar-refractivity contribution in [3.63, 3.8) is 0 Å². The first-order valence-corrected chi connectivity index (χ1v) is 7.73. The van der Waals surface area contributed by atoms with E-state index in [1.165, 1.54) is 17.8 Å². The summed E-state index contributed by atoms with van der Waals surface area (Å²) in [6.45, 7) is 2.66. The number of nitro groups is 1. The van der Waals surface area contributed by atoms with Gasteiger partial charge in [-0.15, -0.1) is 0 Å². The summed E-state index contributed by atoms with van der Waals surface area (Å²) >= 11 is 7.17. The molecule has 110 valence electrons. The predicted octanol–water partition coefficient (Wildman–Crippen LogP) is 4.37. The number of benzene rings is 1. The molecule has 0 unspecified atom stereocenters. The summed E-state index contributed by atoms with van der Waals surface area (Å²) in [5.74, 6) is 1.24. The van der Waals surface area contributed by atoms with Gasteiger partial charge in [-0.3, -0.25) is 10.1 Å². The minimum atomic E-state index is -0.410. The van der Waals surface area contributed by atoms with E-state index in [0.717, 1.165) is 5.56 Å². The molecule has 1 N–H and O–H groups in total. The molecule has 1 aromatic heterocycles. The van der Waals surface area contributed by atoms with Crippen LogP contribution in [0.5, 0.6) is 0 Å². The van der Waals surface area contributed by atoms with Crippen molar-refractivity contribution in [3.8, 4) is 0 Å². The van der Waals surface area contributed by atoms with Crippen molar-refractivity contribution in [1.29, 1.82) is 0 Å². The molecule has 0 aliphatic heterocycles. The first-order valence-electron chi connectivity index (χ1n) is 6.36. The largest absolute Gasteiger partial charge is 0.370 e. The van der Waals surface area contributed by atoms with Crippen LogP contribution in [0, 0.1) is 10.1 Å². The van der Waals surface area contributed by atoms with Crippen molar-refractivity contribution in [2.24, 2.45) is 0 Å². The standard InChI is InChI=1S/C14H14ClN3O2S/c1-2-16-13-8-7-12(18(19)20)14(17-13)21-9-10-3-5-11(15)6-4-10/h3-8H,2,9H2,1H3,(H,16,17). The Morgan fingerprint density at radius 2 is 2.00 bits per heavy atom. The number of nitrogens with zero attached hydrogens (tertiary/aromatic N) is 2. The first-order chi connectivity index (χ1) is 10.1. The topological polar surface area (TPSA) is 68.1 Å². The summed E-state index contributed by atoms with van der Waals surface area (Å²) < 4.78 is 0. The van der Waals surface area contributed by atoms with Crippen molar-refractivity contribution >= 4 is 34.9 Å². The number of aromatic nitrogens is 1. The Morgan fingerprint density at radius 1 is 1.29 bits per heavy atom. The molecule has 1 aromatic carbocycles. The van der Waals surface area contributed by atoms with E-state index in [-0.39, 0.29) is 5.69 Å². The number of hydrogen-bond donors (Lipinski definition) is 1. The quantitative estimate of drug-likeness (QED) is 0.486. The van der Waals surface area contributed by atoms with Crippen LogP contribution in [0.2, 0.25) is 5.02 Å². The Labute approximate surface area is 131 Å². The predicted molar refractivity (Wildman–Crippen MR) is 86.1 cm³/mol. The van der Waals surface area contributed by atoms with Crippen LogP contribution in [0.4, 0.5) is 11.5 Å². The lowest BCUT2D eigenvalue weighted by Gasteiger charge is -2.06. The minimum absolute atomic E-state index is 0.0237. The van der Waals surface area contributed by atoms with Crippen LogP contribution < -0.4 is 5.32 Å². The van der Waals surface area contributed by atoms with Crippen LogP contribution in [0.3, 0.4) is 0 Å². The first kappa shape index (κ1) is 15.6. The average Bonchev–Trinajstić information content (AvgIpc) is 2.47. The van der Waals surface area contributed by atoms with Gasteiger partial charge < -0.3 is 5.32 Å². The van der Waals surface area contributed by atoms with Crippen LogP contribution in [0.1, 0.15) is 12.5 Å². The minimum Gasteiger partial charge on any atom is -0.370 e. The summed E-state index contributed by atoms with van der Waals surface area (Å²) in [5.41, 5.74) is 1.06. The third-order valence-electron chi connectivity index (χ3n) is 2.68. The molecule has 2 aromatic rings. The van der Waals surface area contributed by atoms with Gasteiger partial charge >= 0.3 is 5.69 Å². The molecule has 7 heteroatoms. The molecule has 0 bridgehead atoms. The highest BCUT2D eigenvalue weighted by Crippen LogP contribution is 2.31. The Balaban J connectivity index is 2.18. The smallest absolute Gasteiger partial charge is 0.301 e. The van der Waals surface area contributed by atoms with Crippen LogP contribution in [0.25, 0.3) is 0 Å². The Kier molecular flexibility index (Phi) is 5.41. The second-order valence-corrected chi connectivity index (χ2v) is 5.62. The normalized spacial score (nSPS) is 10.4. The zero-order valence-electron chi connectivity index (χ0n) is 11.4. The molecule has 1 heterocycles. The maximum atomic E-state index is 11.1. The molecule has 5 nitrogen and oxygen atoms in total. The number of halogens is 1. The van der Waals surface area contributed by atoms with Crippen molar-refractivity contribution in [3.05, 3.63) is 57.1 Å². The van der Waals surface area contributed by atoms with E-state index in [2.05, 4.69) is 10.3 Å². The lowest BCUT2D eigenvalue weighted by molar-refractivity contribution is -0.388. The van der Waals surface area contributed by atoms with E-state index in [1.54, 1.807) is 18.2 Å². The maximum Gasteiger partial charge on any atom is 0.301 e. The van der Waals surface area contributed by atoms with E-state index in [1.807, 2.05) is 19.1 Å². The maximum absolute atomic E-state index is 11.1. The zero-order chi connectivity index (χ0) is 15.2. The molecule has 0 saturated carbocycles. The molecule has 0 aliphatic carbocycles. The van der Waals surface area contributed by atoms with Gasteiger partial charge in [0, 0.05) is 23.4 Å². The number of thioether (sulfide) groups is 1. The second kappa shape index (κ2) is 7.28. The number of nitrogens with one attached hydrogen (secondary N) is 1. The van der Waals surface area contributed by atoms with Crippen LogP contribution >= 0.6 is 23.4 Å². The summed E-state index contributed by atoms with van der Waals surface area (Å²) in [4.78, 5) is 15.0. The van der Waals surface area contributed by atoms with Gasteiger partial charge in [0.15, 0.2) is 5.03 Å². The molecule has 0 saturated heterocycles. The highest BCUT2D eigenvalue weighted by molar-refractivity contribution is 7.98. The fourth-order valence-electron chi connectivity index (χ4n) is 1.69. The number of anilines is 1. The lowest BCUT2D eigenvalue weighted by atomic mass is 10.2. The summed E-state index contributed by atoms with van der Waals surface area (Å²) in [5, 5.41) is 15.2. The van der Waals surface area contributed by atoms with E-state index < -0.39 is 4.92 Å². The van der Waals surface area contributed by atoms with E-state index >= 15 is 0 Å². The lowest BCUT2D eigenvalue weighted by Crippen LogP contribution is -2.01. The molecule has 0 atom stereocenters. The summed E-state index contributed by atoms with van der Waals surface area (Å²) in [6.07, 6.45) is 0. The molecular weight excluding hydrogens is 310 g/mol. The molecule has 0 spiro atoms. The van der Waals surface area contributed by atoms with Gasteiger partial charge in [0.1, 0.15) is 5.82 Å². The van der Waals surface area contributed by atoms with Gasteiger partial charge in [0.2, 0.25) is 0 Å². The summed E-state index contributed by atoms with van der Waals surface area (Å²) in [6, 6.07) is 10.5. The van der Waals surface area contributed by atoms with Crippen molar-refractivity contribution < 1.29 is 4.92 Å². The average molecular weight is 324 g/mol. The van der Waals surface area contributed by atoms with Crippen LogP contribution in [-0.2, 0) is 5.75 Å². The van der Waals surface area contributed by atoms with Crippen molar-refractivity contribution in [2.75, 3.05) is 11.9 Å².